The second-order valence-electron chi connectivity index (χ2n) is 4.65. The summed E-state index contributed by atoms with van der Waals surface area (Å²) < 4.78 is 0. The van der Waals surface area contributed by atoms with Crippen LogP contribution in [0.5, 0.6) is 0 Å². The second kappa shape index (κ2) is 4.80. The van der Waals surface area contributed by atoms with E-state index in [-0.39, 0.29) is 0 Å². The maximum atomic E-state index is 3.74. The van der Waals surface area contributed by atoms with Gasteiger partial charge in [-0.05, 0) is 37.7 Å². The lowest BCUT2D eigenvalue weighted by atomic mass is 10.0. The van der Waals surface area contributed by atoms with Crippen LogP contribution in [-0.2, 0) is 0 Å². The summed E-state index contributed by atoms with van der Waals surface area (Å²) in [6.07, 6.45) is 4.10. The van der Waals surface area contributed by atoms with Crippen molar-refractivity contribution in [3.8, 4) is 0 Å². The van der Waals surface area contributed by atoms with E-state index in [9.17, 15) is 0 Å². The molecule has 82 valence electrons. The quantitative estimate of drug-likeness (QED) is 0.772. The lowest BCUT2D eigenvalue weighted by molar-refractivity contribution is 0.405. The number of hydrogen-bond acceptors (Lipinski definition) is 1. The lowest BCUT2D eigenvalue weighted by Gasteiger charge is -2.22. The number of nitrogens with one attached hydrogen (secondary N) is 1. The van der Waals surface area contributed by atoms with Crippen molar-refractivity contribution in [1.82, 2.24) is 5.32 Å². The van der Waals surface area contributed by atoms with Gasteiger partial charge in [-0.2, -0.15) is 0 Å². The van der Waals surface area contributed by atoms with Crippen molar-refractivity contribution in [1.29, 1.82) is 0 Å². The van der Waals surface area contributed by atoms with E-state index in [0.29, 0.717) is 6.04 Å². The standard InChI is InChI=1S/C14H21N/c1-3-14(13-9-10-13)15-11(2)12-7-5-4-6-8-12/h4-8,11,13-15H,3,9-10H2,1-2H3/t11-,14+/m0/s1. The highest BCUT2D eigenvalue weighted by molar-refractivity contribution is 5.18. The maximum Gasteiger partial charge on any atom is 0.0294 e. The molecule has 1 nitrogen and oxygen atoms in total. The SMILES string of the molecule is CC[C@@H](N[C@@H](C)c1ccccc1)C1CC1. The van der Waals surface area contributed by atoms with Gasteiger partial charge in [0.05, 0.1) is 0 Å². The van der Waals surface area contributed by atoms with Crippen molar-refractivity contribution in [2.24, 2.45) is 5.92 Å². The third kappa shape index (κ3) is 2.82. The molecule has 2 atom stereocenters. The molecule has 15 heavy (non-hydrogen) atoms. The lowest BCUT2D eigenvalue weighted by Crippen LogP contribution is -2.32. The maximum absolute atomic E-state index is 3.74. The Hall–Kier alpha value is -0.820. The monoisotopic (exact) mass is 203 g/mol. The molecular weight excluding hydrogens is 182 g/mol. The van der Waals surface area contributed by atoms with Crippen LogP contribution in [0.3, 0.4) is 0 Å². The molecule has 1 aliphatic rings. The molecule has 0 saturated heterocycles. The minimum Gasteiger partial charge on any atom is -0.307 e. The highest BCUT2D eigenvalue weighted by Gasteiger charge is 2.30. The summed E-state index contributed by atoms with van der Waals surface area (Å²) in [6, 6.07) is 11.9. The predicted molar refractivity (Wildman–Crippen MR) is 64.8 cm³/mol. The van der Waals surface area contributed by atoms with Crippen LogP contribution in [0.1, 0.15) is 44.7 Å². The first-order chi connectivity index (χ1) is 7.31. The molecule has 0 spiro atoms. The Bertz CT molecular complexity index is 289. The Labute approximate surface area is 92.9 Å². The molecule has 2 rings (SSSR count). The van der Waals surface area contributed by atoms with E-state index >= 15 is 0 Å². The van der Waals surface area contributed by atoms with Gasteiger partial charge in [-0.3, -0.25) is 0 Å². The van der Waals surface area contributed by atoms with E-state index in [2.05, 4.69) is 49.5 Å². The first-order valence-electron chi connectivity index (χ1n) is 6.12. The highest BCUT2D eigenvalue weighted by Crippen LogP contribution is 2.34. The third-order valence-corrected chi connectivity index (χ3v) is 3.39. The van der Waals surface area contributed by atoms with Gasteiger partial charge < -0.3 is 5.32 Å². The summed E-state index contributed by atoms with van der Waals surface area (Å²) in [5.74, 6) is 0.946. The van der Waals surface area contributed by atoms with Crippen molar-refractivity contribution >= 4 is 0 Å². The van der Waals surface area contributed by atoms with Crippen LogP contribution in [-0.4, -0.2) is 6.04 Å². The van der Waals surface area contributed by atoms with Crippen LogP contribution < -0.4 is 5.32 Å². The summed E-state index contributed by atoms with van der Waals surface area (Å²) in [7, 11) is 0. The van der Waals surface area contributed by atoms with Crippen LogP contribution in [0, 0.1) is 5.92 Å². The van der Waals surface area contributed by atoms with E-state index in [4.69, 9.17) is 0 Å². The minimum absolute atomic E-state index is 0.483. The van der Waals surface area contributed by atoms with Gasteiger partial charge in [0.25, 0.3) is 0 Å². The van der Waals surface area contributed by atoms with Crippen molar-refractivity contribution in [3.63, 3.8) is 0 Å². The molecule has 1 aromatic rings. The Morgan fingerprint density at radius 2 is 1.93 bits per heavy atom. The smallest absolute Gasteiger partial charge is 0.0294 e. The van der Waals surface area contributed by atoms with E-state index in [1.54, 1.807) is 0 Å². The van der Waals surface area contributed by atoms with Gasteiger partial charge in [-0.1, -0.05) is 37.3 Å². The Balaban J connectivity index is 1.93. The van der Waals surface area contributed by atoms with Gasteiger partial charge in [0.1, 0.15) is 0 Å². The number of hydrogen-bond donors (Lipinski definition) is 1. The first kappa shape index (κ1) is 10.7. The zero-order valence-corrected chi connectivity index (χ0v) is 9.74. The molecule has 0 heterocycles. The van der Waals surface area contributed by atoms with Crippen molar-refractivity contribution in [2.45, 2.75) is 45.2 Å². The number of benzene rings is 1. The molecule has 0 bridgehead atoms. The topological polar surface area (TPSA) is 12.0 Å². The number of rotatable bonds is 5. The molecule has 1 heteroatoms. The first-order valence-corrected chi connectivity index (χ1v) is 6.12. The van der Waals surface area contributed by atoms with Crippen LogP contribution in [0.25, 0.3) is 0 Å². The van der Waals surface area contributed by atoms with E-state index < -0.39 is 0 Å². The largest absolute Gasteiger partial charge is 0.307 e. The van der Waals surface area contributed by atoms with Crippen molar-refractivity contribution in [3.05, 3.63) is 35.9 Å². The molecule has 1 N–H and O–H groups in total. The molecule has 0 radical (unpaired) electrons. The fourth-order valence-corrected chi connectivity index (χ4v) is 2.24. The van der Waals surface area contributed by atoms with Crippen LogP contribution >= 0.6 is 0 Å². The Morgan fingerprint density at radius 1 is 1.27 bits per heavy atom. The fraction of sp³-hybridized carbons (Fsp3) is 0.571. The van der Waals surface area contributed by atoms with Gasteiger partial charge in [0, 0.05) is 12.1 Å². The molecule has 1 aromatic carbocycles. The van der Waals surface area contributed by atoms with E-state index in [1.165, 1.54) is 24.8 Å². The second-order valence-corrected chi connectivity index (χ2v) is 4.65. The van der Waals surface area contributed by atoms with E-state index in [1.807, 2.05) is 0 Å². The van der Waals surface area contributed by atoms with E-state index in [0.717, 1.165) is 12.0 Å². The zero-order valence-electron chi connectivity index (χ0n) is 9.74. The third-order valence-electron chi connectivity index (χ3n) is 3.39. The highest BCUT2D eigenvalue weighted by atomic mass is 15.0. The average molecular weight is 203 g/mol. The summed E-state index contributed by atoms with van der Waals surface area (Å²) in [5.41, 5.74) is 1.40. The van der Waals surface area contributed by atoms with Gasteiger partial charge in [-0.15, -0.1) is 0 Å². The predicted octanol–water partition coefficient (Wildman–Crippen LogP) is 3.53. The normalized spacial score (nSPS) is 19.9. The summed E-state index contributed by atoms with van der Waals surface area (Å²) in [6.45, 7) is 4.55. The summed E-state index contributed by atoms with van der Waals surface area (Å²) in [4.78, 5) is 0. The van der Waals surface area contributed by atoms with Crippen LogP contribution in [0.2, 0.25) is 0 Å². The zero-order chi connectivity index (χ0) is 10.7. The van der Waals surface area contributed by atoms with Crippen molar-refractivity contribution in [2.75, 3.05) is 0 Å². The van der Waals surface area contributed by atoms with Gasteiger partial charge >= 0.3 is 0 Å². The Morgan fingerprint density at radius 3 is 2.47 bits per heavy atom. The molecular formula is C14H21N. The van der Waals surface area contributed by atoms with Gasteiger partial charge in [-0.25, -0.2) is 0 Å². The van der Waals surface area contributed by atoms with Gasteiger partial charge in [0.2, 0.25) is 0 Å². The summed E-state index contributed by atoms with van der Waals surface area (Å²) >= 11 is 0. The van der Waals surface area contributed by atoms with Crippen molar-refractivity contribution < 1.29 is 0 Å². The molecule has 1 fully saturated rings. The Kier molecular flexibility index (Phi) is 3.42. The van der Waals surface area contributed by atoms with Crippen LogP contribution in [0.15, 0.2) is 30.3 Å². The van der Waals surface area contributed by atoms with Crippen LogP contribution in [0.4, 0.5) is 0 Å². The minimum atomic E-state index is 0.483. The molecule has 1 aliphatic carbocycles. The fourth-order valence-electron chi connectivity index (χ4n) is 2.24. The molecule has 1 saturated carbocycles. The average Bonchev–Trinajstić information content (AvgIpc) is 3.10. The molecule has 0 aliphatic heterocycles. The molecule has 0 amide bonds. The van der Waals surface area contributed by atoms with Gasteiger partial charge in [0.15, 0.2) is 0 Å². The molecule has 0 unspecified atom stereocenters. The summed E-state index contributed by atoms with van der Waals surface area (Å²) in [5, 5.41) is 3.74. The molecule has 0 aromatic heterocycles.